The summed E-state index contributed by atoms with van der Waals surface area (Å²) in [6.07, 6.45) is 0. The minimum absolute atomic E-state index is 0.448. The van der Waals surface area contributed by atoms with E-state index in [9.17, 15) is 4.79 Å². The summed E-state index contributed by atoms with van der Waals surface area (Å²) in [6, 6.07) is 11.1. The molecule has 0 saturated carbocycles. The van der Waals surface area contributed by atoms with E-state index < -0.39 is 5.76 Å². The van der Waals surface area contributed by atoms with Crippen LogP contribution in [-0.4, -0.2) is 4.98 Å². The molecule has 2 aromatic carbocycles. The van der Waals surface area contributed by atoms with Crippen LogP contribution in [0.5, 0.6) is 0 Å². The van der Waals surface area contributed by atoms with Gasteiger partial charge in [0.25, 0.3) is 0 Å². The molecule has 0 aliphatic rings. The second-order valence-corrected chi connectivity index (χ2v) is 5.00. The Morgan fingerprint density at radius 3 is 2.68 bits per heavy atom. The Morgan fingerprint density at radius 1 is 1.21 bits per heavy atom. The van der Waals surface area contributed by atoms with Gasteiger partial charge in [0.15, 0.2) is 5.58 Å². The summed E-state index contributed by atoms with van der Waals surface area (Å²) in [5.41, 5.74) is 9.11. The lowest BCUT2D eigenvalue weighted by atomic mass is 10.2. The van der Waals surface area contributed by atoms with Crippen LogP contribution in [-0.2, 0) is 0 Å². The molecule has 0 saturated heterocycles. The topological polar surface area (TPSA) is 84.0 Å². The number of anilines is 3. The standard InChI is InChI=1S/C13H10BrN3O2/c14-7-1-3-8(4-2-7)16-10-6-11-12(5-9(10)15)19-13(18)17-11/h1-6,16H,15H2,(H,17,18). The summed E-state index contributed by atoms with van der Waals surface area (Å²) in [5.74, 6) is -0.491. The fraction of sp³-hybridized carbons (Fsp3) is 0. The number of fused-ring (bicyclic) bond motifs is 1. The average Bonchev–Trinajstić information content (AvgIpc) is 2.72. The number of hydrogen-bond acceptors (Lipinski definition) is 4. The minimum Gasteiger partial charge on any atom is -0.408 e. The van der Waals surface area contributed by atoms with Gasteiger partial charge in [-0.05, 0) is 30.3 Å². The van der Waals surface area contributed by atoms with E-state index in [2.05, 4.69) is 26.2 Å². The molecular weight excluding hydrogens is 310 g/mol. The van der Waals surface area contributed by atoms with Crippen molar-refractivity contribution in [1.29, 1.82) is 0 Å². The van der Waals surface area contributed by atoms with Gasteiger partial charge in [0.1, 0.15) is 0 Å². The third-order valence-electron chi connectivity index (χ3n) is 2.71. The van der Waals surface area contributed by atoms with Crippen LogP contribution in [0.25, 0.3) is 11.1 Å². The average molecular weight is 320 g/mol. The number of aromatic nitrogens is 1. The first-order chi connectivity index (χ1) is 9.11. The van der Waals surface area contributed by atoms with Crippen LogP contribution in [0.3, 0.4) is 0 Å². The molecular formula is C13H10BrN3O2. The van der Waals surface area contributed by atoms with Crippen molar-refractivity contribution < 1.29 is 4.42 Å². The molecule has 0 spiro atoms. The first-order valence-corrected chi connectivity index (χ1v) is 6.36. The Morgan fingerprint density at radius 2 is 1.95 bits per heavy atom. The van der Waals surface area contributed by atoms with E-state index in [1.807, 2.05) is 24.3 Å². The SMILES string of the molecule is Nc1cc2oc(=O)[nH]c2cc1Nc1ccc(Br)cc1. The Hall–Kier alpha value is -2.21. The zero-order chi connectivity index (χ0) is 13.4. The first kappa shape index (κ1) is 11.9. The molecule has 0 aliphatic heterocycles. The van der Waals surface area contributed by atoms with Crippen molar-refractivity contribution in [2.45, 2.75) is 0 Å². The zero-order valence-corrected chi connectivity index (χ0v) is 11.3. The molecule has 0 bridgehead atoms. The summed E-state index contributed by atoms with van der Waals surface area (Å²) >= 11 is 3.38. The first-order valence-electron chi connectivity index (χ1n) is 5.57. The van der Waals surface area contributed by atoms with Crippen molar-refractivity contribution in [2.75, 3.05) is 11.1 Å². The number of nitrogen functional groups attached to an aromatic ring is 1. The van der Waals surface area contributed by atoms with E-state index in [4.69, 9.17) is 10.2 Å². The van der Waals surface area contributed by atoms with Crippen LogP contribution >= 0.6 is 15.9 Å². The van der Waals surface area contributed by atoms with E-state index >= 15 is 0 Å². The molecule has 1 aromatic heterocycles. The second kappa shape index (κ2) is 4.47. The lowest BCUT2D eigenvalue weighted by Crippen LogP contribution is -1.96. The van der Waals surface area contributed by atoms with E-state index in [1.54, 1.807) is 12.1 Å². The van der Waals surface area contributed by atoms with Crippen LogP contribution in [0.15, 0.2) is 50.1 Å². The van der Waals surface area contributed by atoms with Gasteiger partial charge < -0.3 is 15.5 Å². The van der Waals surface area contributed by atoms with Crippen molar-refractivity contribution in [2.24, 2.45) is 0 Å². The van der Waals surface area contributed by atoms with Crippen LogP contribution in [0, 0.1) is 0 Å². The zero-order valence-electron chi connectivity index (χ0n) is 9.74. The van der Waals surface area contributed by atoms with E-state index in [0.717, 1.165) is 10.2 Å². The molecule has 0 unspecified atom stereocenters. The lowest BCUT2D eigenvalue weighted by Gasteiger charge is -2.09. The Labute approximate surface area is 116 Å². The highest BCUT2D eigenvalue weighted by Crippen LogP contribution is 2.27. The normalized spacial score (nSPS) is 10.8. The number of aromatic amines is 1. The Balaban J connectivity index is 2.02. The van der Waals surface area contributed by atoms with Crippen molar-refractivity contribution in [3.63, 3.8) is 0 Å². The number of hydrogen-bond donors (Lipinski definition) is 3. The smallest absolute Gasteiger partial charge is 0.408 e. The van der Waals surface area contributed by atoms with E-state index in [-0.39, 0.29) is 0 Å². The molecule has 3 aromatic rings. The highest BCUT2D eigenvalue weighted by molar-refractivity contribution is 9.10. The highest BCUT2D eigenvalue weighted by atomic mass is 79.9. The van der Waals surface area contributed by atoms with Crippen molar-refractivity contribution in [3.05, 3.63) is 51.4 Å². The second-order valence-electron chi connectivity index (χ2n) is 4.08. The number of nitrogens with two attached hydrogens (primary N) is 1. The molecule has 0 fully saturated rings. The maximum atomic E-state index is 11.1. The molecule has 19 heavy (non-hydrogen) atoms. The lowest BCUT2D eigenvalue weighted by molar-refractivity contribution is 0.555. The van der Waals surface area contributed by atoms with Gasteiger partial charge in [-0.1, -0.05) is 15.9 Å². The van der Waals surface area contributed by atoms with Gasteiger partial charge in [0.2, 0.25) is 0 Å². The van der Waals surface area contributed by atoms with Gasteiger partial charge in [-0.15, -0.1) is 0 Å². The van der Waals surface area contributed by atoms with Gasteiger partial charge in [-0.2, -0.15) is 0 Å². The monoisotopic (exact) mass is 319 g/mol. The third kappa shape index (κ3) is 2.34. The molecule has 0 amide bonds. The summed E-state index contributed by atoms with van der Waals surface area (Å²) in [4.78, 5) is 13.7. The number of benzene rings is 2. The fourth-order valence-electron chi connectivity index (χ4n) is 1.81. The molecule has 1 heterocycles. The van der Waals surface area contributed by atoms with Gasteiger partial charge in [0.05, 0.1) is 16.9 Å². The number of halogens is 1. The Bertz CT molecular complexity index is 790. The summed E-state index contributed by atoms with van der Waals surface area (Å²) in [5, 5.41) is 3.19. The van der Waals surface area contributed by atoms with Crippen molar-refractivity contribution >= 4 is 44.1 Å². The van der Waals surface area contributed by atoms with Crippen molar-refractivity contribution in [1.82, 2.24) is 4.98 Å². The van der Waals surface area contributed by atoms with Gasteiger partial charge in [-0.25, -0.2) is 4.79 Å². The summed E-state index contributed by atoms with van der Waals surface area (Å²) in [6.45, 7) is 0. The molecule has 96 valence electrons. The van der Waals surface area contributed by atoms with Gasteiger partial charge in [0, 0.05) is 16.2 Å². The maximum Gasteiger partial charge on any atom is 0.417 e. The molecule has 3 rings (SSSR count). The number of nitrogens with one attached hydrogen (secondary N) is 2. The van der Waals surface area contributed by atoms with Crippen LogP contribution in [0.1, 0.15) is 0 Å². The van der Waals surface area contributed by atoms with Crippen LogP contribution in [0.2, 0.25) is 0 Å². The van der Waals surface area contributed by atoms with Crippen LogP contribution in [0.4, 0.5) is 17.1 Å². The largest absolute Gasteiger partial charge is 0.417 e. The van der Waals surface area contributed by atoms with E-state index in [1.165, 1.54) is 0 Å². The number of rotatable bonds is 2. The van der Waals surface area contributed by atoms with Gasteiger partial charge >= 0.3 is 5.76 Å². The van der Waals surface area contributed by atoms with Crippen molar-refractivity contribution in [3.8, 4) is 0 Å². The molecule has 0 aliphatic carbocycles. The summed E-state index contributed by atoms with van der Waals surface area (Å²) < 4.78 is 5.95. The fourth-order valence-corrected chi connectivity index (χ4v) is 2.07. The highest BCUT2D eigenvalue weighted by Gasteiger charge is 2.07. The molecule has 4 N–H and O–H groups in total. The molecule has 5 nitrogen and oxygen atoms in total. The maximum absolute atomic E-state index is 11.1. The van der Waals surface area contributed by atoms with Gasteiger partial charge in [-0.3, -0.25) is 4.98 Å². The predicted molar refractivity (Wildman–Crippen MR) is 78.7 cm³/mol. The van der Waals surface area contributed by atoms with Crippen LogP contribution < -0.4 is 16.8 Å². The Kier molecular flexibility index (Phi) is 2.79. The van der Waals surface area contributed by atoms with E-state index in [0.29, 0.717) is 22.5 Å². The molecule has 0 radical (unpaired) electrons. The third-order valence-corrected chi connectivity index (χ3v) is 3.24. The predicted octanol–water partition coefficient (Wildman–Crippen LogP) is 3.21. The molecule has 6 heteroatoms. The summed E-state index contributed by atoms with van der Waals surface area (Å²) in [7, 11) is 0. The number of H-pyrrole nitrogens is 1. The number of oxazole rings is 1. The minimum atomic E-state index is -0.491. The molecule has 0 atom stereocenters. The quantitative estimate of drug-likeness (QED) is 0.633.